The first kappa shape index (κ1) is 13.2. The highest BCUT2D eigenvalue weighted by atomic mass is 32.2. The van der Waals surface area contributed by atoms with Gasteiger partial charge in [-0.1, -0.05) is 13.8 Å². The molecule has 0 saturated carbocycles. The lowest BCUT2D eigenvalue weighted by molar-refractivity contribution is 0.0670. The molecule has 0 bridgehead atoms. The SMILES string of the molecule is CCC1(CC)CNc2cc(S(N)(=O)=O)ccc2O1. The Balaban J connectivity index is 2.37. The molecule has 0 fully saturated rings. The van der Waals surface area contributed by atoms with Gasteiger partial charge in [-0.05, 0) is 31.0 Å². The number of rotatable bonds is 3. The average Bonchev–Trinajstić information content (AvgIpc) is 2.36. The molecule has 0 amide bonds. The fraction of sp³-hybridized carbons (Fsp3) is 0.500. The molecule has 3 N–H and O–H groups in total. The van der Waals surface area contributed by atoms with Gasteiger partial charge in [0.05, 0.1) is 17.1 Å². The first-order valence-corrected chi connectivity index (χ1v) is 7.54. The second kappa shape index (κ2) is 4.44. The minimum atomic E-state index is -3.67. The van der Waals surface area contributed by atoms with Crippen LogP contribution < -0.4 is 15.2 Å². The summed E-state index contributed by atoms with van der Waals surface area (Å²) in [7, 11) is -3.67. The summed E-state index contributed by atoms with van der Waals surface area (Å²) in [5.74, 6) is 0.678. The molecule has 1 aliphatic heterocycles. The summed E-state index contributed by atoms with van der Waals surface area (Å²) in [6.07, 6.45) is 1.79. The van der Waals surface area contributed by atoms with Gasteiger partial charge in [0.1, 0.15) is 11.4 Å². The maximum atomic E-state index is 11.3. The molecule has 1 heterocycles. The molecule has 0 radical (unpaired) electrons. The Kier molecular flexibility index (Phi) is 3.25. The number of nitrogens with one attached hydrogen (secondary N) is 1. The molecule has 0 unspecified atom stereocenters. The van der Waals surface area contributed by atoms with E-state index in [9.17, 15) is 8.42 Å². The number of anilines is 1. The summed E-state index contributed by atoms with van der Waals surface area (Å²) in [5, 5.41) is 8.32. The number of hydrogen-bond donors (Lipinski definition) is 2. The lowest BCUT2D eigenvalue weighted by Crippen LogP contribution is -2.44. The lowest BCUT2D eigenvalue weighted by Gasteiger charge is -2.38. The molecule has 1 aliphatic rings. The molecule has 0 spiro atoms. The van der Waals surface area contributed by atoms with Crippen LogP contribution in [0.15, 0.2) is 23.1 Å². The van der Waals surface area contributed by atoms with Gasteiger partial charge < -0.3 is 10.1 Å². The average molecular weight is 270 g/mol. The van der Waals surface area contributed by atoms with E-state index >= 15 is 0 Å². The van der Waals surface area contributed by atoms with Crippen LogP contribution >= 0.6 is 0 Å². The molecule has 2 rings (SSSR count). The van der Waals surface area contributed by atoms with E-state index in [-0.39, 0.29) is 10.5 Å². The Labute approximate surface area is 107 Å². The third-order valence-electron chi connectivity index (χ3n) is 3.50. The maximum Gasteiger partial charge on any atom is 0.238 e. The Hall–Kier alpha value is -1.27. The van der Waals surface area contributed by atoms with Crippen LogP contribution in [0.25, 0.3) is 0 Å². The zero-order valence-corrected chi connectivity index (χ0v) is 11.4. The fourth-order valence-corrected chi connectivity index (χ4v) is 2.62. The summed E-state index contributed by atoms with van der Waals surface area (Å²) in [5.41, 5.74) is 0.467. The molecular weight excluding hydrogens is 252 g/mol. The van der Waals surface area contributed by atoms with Gasteiger partial charge in [0.2, 0.25) is 10.0 Å². The quantitative estimate of drug-likeness (QED) is 0.876. The zero-order valence-electron chi connectivity index (χ0n) is 10.6. The molecule has 6 heteroatoms. The van der Waals surface area contributed by atoms with Gasteiger partial charge >= 0.3 is 0 Å². The highest BCUT2D eigenvalue weighted by Gasteiger charge is 2.33. The summed E-state index contributed by atoms with van der Waals surface area (Å²) < 4.78 is 28.5. The van der Waals surface area contributed by atoms with Crippen molar-refractivity contribution in [2.45, 2.75) is 37.2 Å². The van der Waals surface area contributed by atoms with Crippen molar-refractivity contribution in [1.82, 2.24) is 0 Å². The second-order valence-corrected chi connectivity index (χ2v) is 6.11. The van der Waals surface area contributed by atoms with Crippen molar-refractivity contribution in [3.8, 4) is 5.75 Å². The lowest BCUT2D eigenvalue weighted by atomic mass is 9.95. The van der Waals surface area contributed by atoms with Gasteiger partial charge in [0, 0.05) is 0 Å². The monoisotopic (exact) mass is 270 g/mol. The summed E-state index contributed by atoms with van der Waals surface area (Å²) in [6.45, 7) is 4.82. The predicted molar refractivity (Wildman–Crippen MR) is 70.2 cm³/mol. The van der Waals surface area contributed by atoms with Crippen LogP contribution in [-0.2, 0) is 10.0 Å². The van der Waals surface area contributed by atoms with E-state index in [2.05, 4.69) is 19.2 Å². The molecule has 0 aliphatic carbocycles. The van der Waals surface area contributed by atoms with Gasteiger partial charge in [-0.15, -0.1) is 0 Å². The van der Waals surface area contributed by atoms with Crippen LogP contribution in [-0.4, -0.2) is 20.6 Å². The highest BCUT2D eigenvalue weighted by Crippen LogP contribution is 2.37. The van der Waals surface area contributed by atoms with Crippen LogP contribution in [0.4, 0.5) is 5.69 Å². The van der Waals surface area contributed by atoms with Crippen molar-refractivity contribution in [2.75, 3.05) is 11.9 Å². The molecule has 5 nitrogen and oxygen atoms in total. The topological polar surface area (TPSA) is 81.4 Å². The van der Waals surface area contributed by atoms with E-state index in [4.69, 9.17) is 9.88 Å². The van der Waals surface area contributed by atoms with Gasteiger partial charge in [0.25, 0.3) is 0 Å². The number of ether oxygens (including phenoxy) is 1. The maximum absolute atomic E-state index is 11.3. The van der Waals surface area contributed by atoms with Crippen molar-refractivity contribution in [3.05, 3.63) is 18.2 Å². The normalized spacial score (nSPS) is 17.5. The molecule has 100 valence electrons. The fourth-order valence-electron chi connectivity index (χ4n) is 2.08. The first-order valence-electron chi connectivity index (χ1n) is 6.00. The van der Waals surface area contributed by atoms with Crippen molar-refractivity contribution in [2.24, 2.45) is 5.14 Å². The van der Waals surface area contributed by atoms with E-state index in [1.54, 1.807) is 6.07 Å². The van der Waals surface area contributed by atoms with Crippen LogP contribution in [0, 0.1) is 0 Å². The standard InChI is InChI=1S/C12H18N2O3S/c1-3-12(4-2)8-14-10-7-9(18(13,15)16)5-6-11(10)17-12/h5-7,14H,3-4,8H2,1-2H3,(H2,13,15,16). The molecule has 0 aromatic heterocycles. The van der Waals surface area contributed by atoms with Gasteiger partial charge in [0.15, 0.2) is 0 Å². The summed E-state index contributed by atoms with van der Waals surface area (Å²) in [4.78, 5) is 0.0952. The van der Waals surface area contributed by atoms with Crippen molar-refractivity contribution < 1.29 is 13.2 Å². The molecular formula is C12H18N2O3S. The number of hydrogen-bond acceptors (Lipinski definition) is 4. The third-order valence-corrected chi connectivity index (χ3v) is 4.41. The molecule has 0 atom stereocenters. The number of primary sulfonamides is 1. The van der Waals surface area contributed by atoms with E-state index in [1.165, 1.54) is 12.1 Å². The Morgan fingerprint density at radius 1 is 1.39 bits per heavy atom. The smallest absolute Gasteiger partial charge is 0.238 e. The molecule has 18 heavy (non-hydrogen) atoms. The Morgan fingerprint density at radius 2 is 2.06 bits per heavy atom. The van der Waals surface area contributed by atoms with Gasteiger partial charge in [-0.2, -0.15) is 0 Å². The predicted octanol–water partition coefficient (Wildman–Crippen LogP) is 1.70. The van der Waals surface area contributed by atoms with Crippen LogP contribution in [0.3, 0.4) is 0 Å². The first-order chi connectivity index (χ1) is 8.40. The zero-order chi connectivity index (χ0) is 13.4. The summed E-state index contributed by atoms with van der Waals surface area (Å²) >= 11 is 0. The van der Waals surface area contributed by atoms with Crippen molar-refractivity contribution >= 4 is 15.7 Å². The second-order valence-electron chi connectivity index (χ2n) is 4.55. The molecule has 1 aromatic carbocycles. The largest absolute Gasteiger partial charge is 0.483 e. The van der Waals surface area contributed by atoms with Crippen LogP contribution in [0.5, 0.6) is 5.75 Å². The number of sulfonamides is 1. The van der Waals surface area contributed by atoms with Crippen molar-refractivity contribution in [1.29, 1.82) is 0 Å². The van der Waals surface area contributed by atoms with E-state index in [0.29, 0.717) is 18.0 Å². The van der Waals surface area contributed by atoms with Gasteiger partial charge in [-0.3, -0.25) is 0 Å². The van der Waals surface area contributed by atoms with Crippen molar-refractivity contribution in [3.63, 3.8) is 0 Å². The van der Waals surface area contributed by atoms with E-state index in [0.717, 1.165) is 12.8 Å². The number of fused-ring (bicyclic) bond motifs is 1. The molecule has 1 aromatic rings. The van der Waals surface area contributed by atoms with Crippen LogP contribution in [0.2, 0.25) is 0 Å². The van der Waals surface area contributed by atoms with E-state index < -0.39 is 10.0 Å². The Morgan fingerprint density at radius 3 is 2.61 bits per heavy atom. The minimum absolute atomic E-state index is 0.0952. The minimum Gasteiger partial charge on any atom is -0.483 e. The molecule has 0 saturated heterocycles. The highest BCUT2D eigenvalue weighted by molar-refractivity contribution is 7.89. The number of benzene rings is 1. The van der Waals surface area contributed by atoms with Gasteiger partial charge in [-0.25, -0.2) is 13.6 Å². The third kappa shape index (κ3) is 2.30. The number of nitrogens with two attached hydrogens (primary N) is 1. The van der Waals surface area contributed by atoms with Crippen LogP contribution in [0.1, 0.15) is 26.7 Å². The van der Waals surface area contributed by atoms with E-state index in [1.807, 2.05) is 0 Å². The Bertz CT molecular complexity index is 550. The summed E-state index contributed by atoms with van der Waals surface area (Å²) in [6, 6.07) is 4.64.